The minimum Gasteiger partial charge on any atom is -0.378 e. The fourth-order valence-corrected chi connectivity index (χ4v) is 5.23. The molecule has 34 heavy (non-hydrogen) atoms. The highest BCUT2D eigenvalue weighted by atomic mass is 32.1. The van der Waals surface area contributed by atoms with Crippen LogP contribution in [0.4, 0.5) is 0 Å². The highest BCUT2D eigenvalue weighted by Crippen LogP contribution is 2.26. The van der Waals surface area contributed by atoms with Gasteiger partial charge in [-0.05, 0) is 25.3 Å². The summed E-state index contributed by atoms with van der Waals surface area (Å²) in [7, 11) is 0. The van der Waals surface area contributed by atoms with Crippen LogP contribution in [0.3, 0.4) is 0 Å². The number of nitrogens with zero attached hydrogens (tertiary/aromatic N) is 5. The van der Waals surface area contributed by atoms with Crippen molar-refractivity contribution >= 4 is 23.2 Å². The molecule has 2 amide bonds. The van der Waals surface area contributed by atoms with Crippen LogP contribution < -0.4 is 0 Å². The van der Waals surface area contributed by atoms with Crippen LogP contribution in [0.15, 0.2) is 35.7 Å². The normalized spacial score (nSPS) is 15.9. The maximum absolute atomic E-state index is 13.4. The van der Waals surface area contributed by atoms with Gasteiger partial charge in [-0.1, -0.05) is 30.3 Å². The predicted molar refractivity (Wildman–Crippen MR) is 129 cm³/mol. The Morgan fingerprint density at radius 1 is 1.06 bits per heavy atom. The van der Waals surface area contributed by atoms with Crippen molar-refractivity contribution in [3.63, 3.8) is 0 Å². The van der Waals surface area contributed by atoms with E-state index < -0.39 is 0 Å². The van der Waals surface area contributed by atoms with Gasteiger partial charge in [0, 0.05) is 49.2 Å². The number of thiazole rings is 1. The van der Waals surface area contributed by atoms with E-state index in [1.807, 2.05) is 22.6 Å². The quantitative estimate of drug-likeness (QED) is 0.543. The summed E-state index contributed by atoms with van der Waals surface area (Å²) in [5.74, 6) is -0.156. The van der Waals surface area contributed by atoms with Crippen molar-refractivity contribution in [2.45, 2.75) is 39.3 Å². The van der Waals surface area contributed by atoms with Crippen molar-refractivity contribution in [1.29, 1.82) is 0 Å². The molecule has 0 atom stereocenters. The molecule has 0 spiro atoms. The Morgan fingerprint density at radius 3 is 2.59 bits per heavy atom. The van der Waals surface area contributed by atoms with Gasteiger partial charge in [0.2, 0.25) is 0 Å². The van der Waals surface area contributed by atoms with Crippen LogP contribution >= 0.6 is 11.3 Å². The number of aryl methyl sites for hydroxylation is 3. The number of carbonyl (C=O) groups is 2. The monoisotopic (exact) mass is 479 g/mol. The Hall–Kier alpha value is -3.04. The number of carbonyl (C=O) groups excluding carboxylic acids is 2. The predicted octanol–water partition coefficient (Wildman–Crippen LogP) is 2.95. The van der Waals surface area contributed by atoms with Crippen LogP contribution in [-0.4, -0.2) is 69.2 Å². The zero-order valence-corrected chi connectivity index (χ0v) is 20.2. The summed E-state index contributed by atoms with van der Waals surface area (Å²) in [6.45, 7) is 5.83. The Kier molecular flexibility index (Phi) is 6.73. The molecule has 0 unspecified atom stereocenters. The van der Waals surface area contributed by atoms with Crippen LogP contribution in [0.5, 0.6) is 0 Å². The molecule has 4 heterocycles. The SMILES string of the molecule is Cc1nc(C(=O)N2CCc3c(c(C(=O)N4CCOCC4)nn3CCCc3ccccc3)C2)cs1. The van der Waals surface area contributed by atoms with Crippen LogP contribution in [0.1, 0.15) is 49.2 Å². The first kappa shape index (κ1) is 22.7. The molecule has 0 radical (unpaired) electrons. The fourth-order valence-electron chi connectivity index (χ4n) is 4.64. The molecule has 2 aromatic heterocycles. The molecule has 9 heteroatoms. The second-order valence-corrected chi connectivity index (χ2v) is 9.78. The van der Waals surface area contributed by atoms with Gasteiger partial charge in [-0.25, -0.2) is 4.98 Å². The van der Waals surface area contributed by atoms with Gasteiger partial charge in [-0.2, -0.15) is 5.10 Å². The number of fused-ring (bicyclic) bond motifs is 1. The number of amides is 2. The van der Waals surface area contributed by atoms with Gasteiger partial charge < -0.3 is 14.5 Å². The van der Waals surface area contributed by atoms with E-state index in [0.29, 0.717) is 57.2 Å². The van der Waals surface area contributed by atoms with Gasteiger partial charge in [-0.15, -0.1) is 11.3 Å². The summed E-state index contributed by atoms with van der Waals surface area (Å²) in [6, 6.07) is 10.4. The first-order valence-corrected chi connectivity index (χ1v) is 12.7. The lowest BCUT2D eigenvalue weighted by Gasteiger charge is -2.29. The minimum absolute atomic E-state index is 0.0693. The molecule has 1 aromatic carbocycles. The molecular formula is C25H29N5O3S. The van der Waals surface area contributed by atoms with E-state index in [1.54, 1.807) is 10.3 Å². The standard InChI is InChI=1S/C25H29N5O3S/c1-18-26-21(17-34-18)24(31)29-11-9-22-20(16-29)23(25(32)28-12-14-33-15-13-28)27-30(22)10-5-8-19-6-3-2-4-7-19/h2-4,6-7,17H,5,8-16H2,1H3. The molecule has 1 saturated heterocycles. The number of aromatic nitrogens is 3. The molecule has 2 aliphatic heterocycles. The third kappa shape index (κ3) is 4.76. The minimum atomic E-state index is -0.0865. The molecule has 5 rings (SSSR count). The number of rotatable bonds is 6. The fraction of sp³-hybridized carbons (Fsp3) is 0.440. The smallest absolute Gasteiger partial charge is 0.274 e. The van der Waals surface area contributed by atoms with Gasteiger partial charge in [0.1, 0.15) is 5.69 Å². The molecule has 0 saturated carbocycles. The Balaban J connectivity index is 1.38. The third-order valence-electron chi connectivity index (χ3n) is 6.44. The van der Waals surface area contributed by atoms with E-state index in [9.17, 15) is 9.59 Å². The van der Waals surface area contributed by atoms with Gasteiger partial charge in [-0.3, -0.25) is 14.3 Å². The van der Waals surface area contributed by atoms with Crippen molar-refractivity contribution in [2.75, 3.05) is 32.8 Å². The maximum atomic E-state index is 13.4. The summed E-state index contributed by atoms with van der Waals surface area (Å²) in [5, 5.41) is 7.48. The van der Waals surface area contributed by atoms with Crippen molar-refractivity contribution in [1.82, 2.24) is 24.6 Å². The highest BCUT2D eigenvalue weighted by Gasteiger charge is 2.33. The number of hydrogen-bond donors (Lipinski definition) is 0. The largest absolute Gasteiger partial charge is 0.378 e. The highest BCUT2D eigenvalue weighted by molar-refractivity contribution is 7.09. The Morgan fingerprint density at radius 2 is 1.85 bits per heavy atom. The maximum Gasteiger partial charge on any atom is 0.274 e. The zero-order valence-electron chi connectivity index (χ0n) is 19.4. The first-order chi connectivity index (χ1) is 16.6. The van der Waals surface area contributed by atoms with Crippen molar-refractivity contribution in [3.05, 3.63) is 68.9 Å². The van der Waals surface area contributed by atoms with Gasteiger partial charge >= 0.3 is 0 Å². The summed E-state index contributed by atoms with van der Waals surface area (Å²) < 4.78 is 7.42. The average molecular weight is 480 g/mol. The van der Waals surface area contributed by atoms with E-state index >= 15 is 0 Å². The topological polar surface area (TPSA) is 80.6 Å². The van der Waals surface area contributed by atoms with Crippen molar-refractivity contribution in [3.8, 4) is 0 Å². The molecule has 178 valence electrons. The molecule has 0 bridgehead atoms. The number of benzene rings is 1. The first-order valence-electron chi connectivity index (χ1n) is 11.8. The van der Waals surface area contributed by atoms with Gasteiger partial charge in [0.15, 0.2) is 5.69 Å². The lowest BCUT2D eigenvalue weighted by atomic mass is 10.0. The van der Waals surface area contributed by atoms with E-state index in [2.05, 4.69) is 29.2 Å². The van der Waals surface area contributed by atoms with Crippen LogP contribution in [0.25, 0.3) is 0 Å². The molecule has 2 aliphatic rings. The van der Waals surface area contributed by atoms with Gasteiger partial charge in [0.05, 0.1) is 24.8 Å². The Labute approximate surface area is 203 Å². The lowest BCUT2D eigenvalue weighted by Crippen LogP contribution is -2.42. The van der Waals surface area contributed by atoms with E-state index in [1.165, 1.54) is 16.9 Å². The number of ether oxygens (including phenoxy) is 1. The average Bonchev–Trinajstić information content (AvgIpc) is 3.48. The summed E-state index contributed by atoms with van der Waals surface area (Å²) in [4.78, 5) is 34.5. The second kappa shape index (κ2) is 10.1. The van der Waals surface area contributed by atoms with E-state index in [4.69, 9.17) is 9.84 Å². The van der Waals surface area contributed by atoms with E-state index in [-0.39, 0.29) is 11.8 Å². The molecule has 3 aromatic rings. The summed E-state index contributed by atoms with van der Waals surface area (Å²) in [5.41, 5.74) is 4.19. The van der Waals surface area contributed by atoms with Crippen LogP contribution in [0, 0.1) is 6.92 Å². The molecule has 8 nitrogen and oxygen atoms in total. The van der Waals surface area contributed by atoms with Crippen LogP contribution in [-0.2, 0) is 30.7 Å². The van der Waals surface area contributed by atoms with Crippen LogP contribution in [0.2, 0.25) is 0 Å². The zero-order chi connectivity index (χ0) is 23.5. The molecular weight excluding hydrogens is 450 g/mol. The summed E-state index contributed by atoms with van der Waals surface area (Å²) in [6.07, 6.45) is 2.57. The lowest BCUT2D eigenvalue weighted by molar-refractivity contribution is 0.0296. The molecule has 0 aliphatic carbocycles. The number of morpholine rings is 1. The van der Waals surface area contributed by atoms with E-state index in [0.717, 1.165) is 35.7 Å². The number of hydrogen-bond acceptors (Lipinski definition) is 6. The van der Waals surface area contributed by atoms with Crippen molar-refractivity contribution in [2.24, 2.45) is 0 Å². The Bertz CT molecular complexity index is 1170. The second-order valence-electron chi connectivity index (χ2n) is 8.72. The third-order valence-corrected chi connectivity index (χ3v) is 7.21. The molecule has 0 N–H and O–H groups in total. The summed E-state index contributed by atoms with van der Waals surface area (Å²) >= 11 is 1.47. The van der Waals surface area contributed by atoms with Crippen molar-refractivity contribution < 1.29 is 14.3 Å². The molecule has 1 fully saturated rings. The van der Waals surface area contributed by atoms with Gasteiger partial charge in [0.25, 0.3) is 11.8 Å².